The number of aromatic nitrogens is 3. The van der Waals surface area contributed by atoms with Crippen molar-refractivity contribution in [3.05, 3.63) is 194 Å². The Labute approximate surface area is 312 Å². The van der Waals surface area contributed by atoms with Gasteiger partial charge in [-0.05, 0) is 70.4 Å². The van der Waals surface area contributed by atoms with E-state index < -0.39 is 0 Å². The van der Waals surface area contributed by atoms with Gasteiger partial charge in [0.2, 0.25) is 0 Å². The van der Waals surface area contributed by atoms with Crippen molar-refractivity contribution in [2.75, 3.05) is 4.90 Å². The molecular weight excluding hydrogens is 661 g/mol. The van der Waals surface area contributed by atoms with E-state index in [9.17, 15) is 0 Å². The Hall–Kier alpha value is -7.37. The van der Waals surface area contributed by atoms with Gasteiger partial charge < -0.3 is 9.32 Å². The van der Waals surface area contributed by atoms with E-state index in [2.05, 4.69) is 120 Å². The van der Waals surface area contributed by atoms with Crippen molar-refractivity contribution in [3.63, 3.8) is 0 Å². The highest BCUT2D eigenvalue weighted by molar-refractivity contribution is 6.12. The van der Waals surface area contributed by atoms with E-state index in [1.165, 1.54) is 21.9 Å². The molecule has 10 rings (SSSR count). The van der Waals surface area contributed by atoms with Crippen molar-refractivity contribution in [1.29, 1.82) is 0 Å². The number of hydrogen-bond acceptors (Lipinski definition) is 5. The van der Waals surface area contributed by atoms with Crippen LogP contribution < -0.4 is 4.90 Å². The Morgan fingerprint density at radius 2 is 0.926 bits per heavy atom. The van der Waals surface area contributed by atoms with Crippen LogP contribution in [0.25, 0.3) is 78.0 Å². The number of rotatable bonds is 7. The van der Waals surface area contributed by atoms with Crippen molar-refractivity contribution in [2.24, 2.45) is 0 Å². The van der Waals surface area contributed by atoms with Gasteiger partial charge in [0.05, 0.1) is 0 Å². The van der Waals surface area contributed by atoms with Gasteiger partial charge in [0, 0.05) is 50.6 Å². The summed E-state index contributed by atoms with van der Waals surface area (Å²) in [5.74, 6) is 1.84. The average molecular weight is 693 g/mol. The summed E-state index contributed by atoms with van der Waals surface area (Å²) in [4.78, 5) is 17.2. The van der Waals surface area contributed by atoms with Crippen molar-refractivity contribution < 1.29 is 4.42 Å². The van der Waals surface area contributed by atoms with Crippen LogP contribution in [0, 0.1) is 0 Å². The van der Waals surface area contributed by atoms with E-state index in [1.807, 2.05) is 78.9 Å². The molecule has 0 fully saturated rings. The summed E-state index contributed by atoms with van der Waals surface area (Å²) in [5, 5.41) is 4.43. The average Bonchev–Trinajstić information content (AvgIpc) is 3.63. The second-order valence-corrected chi connectivity index (χ2v) is 13.3. The molecule has 0 atom stereocenters. The fraction of sp³-hybridized carbons (Fsp3) is 0. The van der Waals surface area contributed by atoms with Crippen LogP contribution in [-0.2, 0) is 0 Å². The van der Waals surface area contributed by atoms with Crippen LogP contribution in [0.2, 0.25) is 0 Å². The SMILES string of the molecule is c1ccc(-c2nc(-c3ccccc3)nc(-c3cccc4oc5cc(N(c6ccccc6)c6ccc(-c7ccc8ccccc8c7)cc6)ccc5c34)n2)cc1. The van der Waals surface area contributed by atoms with Gasteiger partial charge in [-0.15, -0.1) is 0 Å². The third kappa shape index (κ3) is 5.74. The van der Waals surface area contributed by atoms with Crippen LogP contribution in [0.15, 0.2) is 199 Å². The van der Waals surface area contributed by atoms with E-state index in [1.54, 1.807) is 0 Å². The maximum absolute atomic E-state index is 6.62. The van der Waals surface area contributed by atoms with Gasteiger partial charge in [0.25, 0.3) is 0 Å². The number of para-hydroxylation sites is 1. The normalized spacial score (nSPS) is 11.3. The van der Waals surface area contributed by atoms with Gasteiger partial charge >= 0.3 is 0 Å². The molecule has 8 aromatic carbocycles. The highest BCUT2D eigenvalue weighted by Gasteiger charge is 2.20. The molecule has 0 aliphatic carbocycles. The zero-order valence-electron chi connectivity index (χ0n) is 29.2. The third-order valence-electron chi connectivity index (χ3n) is 9.90. The first-order chi connectivity index (χ1) is 26.7. The molecule has 0 aliphatic rings. The molecule has 0 saturated carbocycles. The number of nitrogens with zero attached hydrogens (tertiary/aromatic N) is 4. The van der Waals surface area contributed by atoms with Gasteiger partial charge in [-0.1, -0.05) is 140 Å². The number of hydrogen-bond donors (Lipinski definition) is 0. The molecule has 5 heteroatoms. The van der Waals surface area contributed by atoms with Crippen molar-refractivity contribution in [2.45, 2.75) is 0 Å². The van der Waals surface area contributed by atoms with E-state index in [4.69, 9.17) is 19.4 Å². The first kappa shape index (κ1) is 31.4. The first-order valence-corrected chi connectivity index (χ1v) is 18.0. The van der Waals surface area contributed by atoms with Gasteiger partial charge in [-0.25, -0.2) is 15.0 Å². The monoisotopic (exact) mass is 692 g/mol. The summed E-state index contributed by atoms with van der Waals surface area (Å²) >= 11 is 0. The first-order valence-electron chi connectivity index (χ1n) is 18.0. The van der Waals surface area contributed by atoms with Crippen molar-refractivity contribution >= 4 is 49.8 Å². The molecule has 0 N–H and O–H groups in total. The van der Waals surface area contributed by atoms with Crippen LogP contribution in [0.3, 0.4) is 0 Å². The predicted octanol–water partition coefficient (Wildman–Crippen LogP) is 13.1. The smallest absolute Gasteiger partial charge is 0.164 e. The molecule has 0 bridgehead atoms. The Balaban J connectivity index is 1.08. The van der Waals surface area contributed by atoms with Crippen LogP contribution >= 0.6 is 0 Å². The third-order valence-corrected chi connectivity index (χ3v) is 9.90. The molecular formula is C49H32N4O. The zero-order valence-corrected chi connectivity index (χ0v) is 29.2. The molecule has 54 heavy (non-hydrogen) atoms. The van der Waals surface area contributed by atoms with E-state index in [-0.39, 0.29) is 0 Å². The summed E-state index contributed by atoms with van der Waals surface area (Å²) in [5.41, 5.74) is 9.76. The molecule has 0 spiro atoms. The summed E-state index contributed by atoms with van der Waals surface area (Å²) in [7, 11) is 0. The standard InChI is InChI=1S/C49H32N4O/c1-4-14-35(15-5-1)47-50-48(36-16-6-2-7-17-36)52-49(51-47)43-21-12-22-44-46(43)42-30-29-41(32-45(42)54-44)53(39-19-8-3-9-20-39)40-27-25-34(26-28-40)38-24-23-33-13-10-11-18-37(33)31-38/h1-32H. The Morgan fingerprint density at radius 3 is 1.63 bits per heavy atom. The van der Waals surface area contributed by atoms with Gasteiger partial charge in [0.1, 0.15) is 11.2 Å². The second kappa shape index (κ2) is 13.3. The Kier molecular flexibility index (Phi) is 7.73. The number of furan rings is 1. The molecule has 0 saturated heterocycles. The number of fused-ring (bicyclic) bond motifs is 4. The van der Waals surface area contributed by atoms with Crippen molar-refractivity contribution in [1.82, 2.24) is 15.0 Å². The van der Waals surface area contributed by atoms with E-state index >= 15 is 0 Å². The number of benzene rings is 8. The molecule has 2 heterocycles. The van der Waals surface area contributed by atoms with Gasteiger partial charge in [0.15, 0.2) is 17.5 Å². The molecule has 0 radical (unpaired) electrons. The van der Waals surface area contributed by atoms with Crippen LogP contribution in [-0.4, -0.2) is 15.0 Å². The van der Waals surface area contributed by atoms with Crippen molar-refractivity contribution in [3.8, 4) is 45.3 Å². The Morgan fingerprint density at radius 1 is 0.352 bits per heavy atom. The summed E-state index contributed by atoms with van der Waals surface area (Å²) in [6.07, 6.45) is 0. The second-order valence-electron chi connectivity index (χ2n) is 13.3. The van der Waals surface area contributed by atoms with Gasteiger partial charge in [-0.3, -0.25) is 0 Å². The lowest BCUT2D eigenvalue weighted by atomic mass is 10.0. The molecule has 254 valence electrons. The minimum Gasteiger partial charge on any atom is -0.456 e. The maximum Gasteiger partial charge on any atom is 0.164 e. The quantitative estimate of drug-likeness (QED) is 0.166. The zero-order chi connectivity index (χ0) is 35.8. The summed E-state index contributed by atoms with van der Waals surface area (Å²) in [6.45, 7) is 0. The molecule has 2 aromatic heterocycles. The van der Waals surface area contributed by atoms with Crippen LogP contribution in [0.1, 0.15) is 0 Å². The lowest BCUT2D eigenvalue weighted by molar-refractivity contribution is 0.669. The predicted molar refractivity (Wildman–Crippen MR) is 221 cm³/mol. The highest BCUT2D eigenvalue weighted by atomic mass is 16.3. The van der Waals surface area contributed by atoms with Gasteiger partial charge in [-0.2, -0.15) is 0 Å². The van der Waals surface area contributed by atoms with Crippen LogP contribution in [0.4, 0.5) is 17.1 Å². The lowest BCUT2D eigenvalue weighted by Gasteiger charge is -2.25. The summed E-state index contributed by atoms with van der Waals surface area (Å²) in [6, 6.07) is 67.0. The maximum atomic E-state index is 6.62. The van der Waals surface area contributed by atoms with Crippen LogP contribution in [0.5, 0.6) is 0 Å². The number of anilines is 3. The molecule has 0 aliphatic heterocycles. The molecule has 10 aromatic rings. The molecule has 0 amide bonds. The minimum atomic E-state index is 0.595. The molecule has 5 nitrogen and oxygen atoms in total. The van der Waals surface area contributed by atoms with E-state index in [0.29, 0.717) is 17.5 Å². The molecule has 0 unspecified atom stereocenters. The fourth-order valence-corrected chi connectivity index (χ4v) is 7.27. The topological polar surface area (TPSA) is 55.1 Å². The highest BCUT2D eigenvalue weighted by Crippen LogP contribution is 2.41. The fourth-order valence-electron chi connectivity index (χ4n) is 7.27. The lowest BCUT2D eigenvalue weighted by Crippen LogP contribution is -2.09. The Bertz CT molecular complexity index is 2870. The summed E-state index contributed by atoms with van der Waals surface area (Å²) < 4.78 is 6.62. The largest absolute Gasteiger partial charge is 0.456 e. The minimum absolute atomic E-state index is 0.595. The van der Waals surface area contributed by atoms with E-state index in [0.717, 1.165) is 55.7 Å².